The summed E-state index contributed by atoms with van der Waals surface area (Å²) in [4.78, 5) is 11.1. The lowest BCUT2D eigenvalue weighted by atomic mass is 10.0. The average molecular weight is 195 g/mol. The highest BCUT2D eigenvalue weighted by Gasteiger charge is 1.96. The fraction of sp³-hybridized carbons (Fsp3) is 0.100. The van der Waals surface area contributed by atoms with Crippen LogP contribution in [0.1, 0.15) is 6.92 Å². The quantitative estimate of drug-likeness (QED) is 0.721. The Balaban J connectivity index is 2.69. The van der Waals surface area contributed by atoms with E-state index in [0.29, 0.717) is 10.7 Å². The number of anilines is 1. The van der Waals surface area contributed by atoms with E-state index in [1.807, 2.05) is 0 Å². The summed E-state index contributed by atoms with van der Waals surface area (Å²) in [5, 5.41) is 3.28. The molecule has 1 rings (SSSR count). The smallest absolute Gasteiger partial charge is 0.248 e. The Morgan fingerprint density at radius 1 is 1.54 bits per heavy atom. The maximum Gasteiger partial charge on any atom is 0.248 e. The number of allylic oxidation sites excluding steroid dienone is 1. The average Bonchev–Trinajstić information content (AvgIpc) is 2.04. The van der Waals surface area contributed by atoms with Crippen molar-refractivity contribution in [1.29, 1.82) is 0 Å². The van der Waals surface area contributed by atoms with Crippen LogP contribution in [0.5, 0.6) is 0 Å². The van der Waals surface area contributed by atoms with Gasteiger partial charge in [0, 0.05) is 10.7 Å². The van der Waals surface area contributed by atoms with Crippen molar-refractivity contribution in [2.75, 3.05) is 5.32 Å². The minimum absolute atomic E-state index is 0.148. The van der Waals surface area contributed by atoms with E-state index in [0.717, 1.165) is 0 Å². The Morgan fingerprint density at radius 3 is 2.92 bits per heavy atom. The first-order valence-electron chi connectivity index (χ1n) is 3.91. The minimum Gasteiger partial charge on any atom is -0.322 e. The Bertz CT molecular complexity index is 333. The van der Waals surface area contributed by atoms with Crippen LogP contribution in [0, 0.1) is 0 Å². The van der Waals surface area contributed by atoms with Gasteiger partial charge in [0.2, 0.25) is 5.91 Å². The zero-order valence-electron chi connectivity index (χ0n) is 7.25. The third-order valence-corrected chi connectivity index (χ3v) is 1.65. The van der Waals surface area contributed by atoms with Gasteiger partial charge in [0.25, 0.3) is 0 Å². The number of carbonyl (C=O) groups is 1. The summed E-state index contributed by atoms with van der Waals surface area (Å²) in [6.07, 6.45) is 3.14. The van der Waals surface area contributed by atoms with Crippen molar-refractivity contribution in [2.24, 2.45) is 0 Å². The summed E-state index contributed by atoms with van der Waals surface area (Å²) in [5.74, 6) is -0.148. The van der Waals surface area contributed by atoms with Crippen LogP contribution in [-0.2, 0) is 4.79 Å². The van der Waals surface area contributed by atoms with Crippen LogP contribution < -0.4 is 5.32 Å². The van der Waals surface area contributed by atoms with Crippen LogP contribution >= 0.6 is 11.6 Å². The molecule has 13 heavy (non-hydrogen) atoms. The Morgan fingerprint density at radius 2 is 2.31 bits per heavy atom. The van der Waals surface area contributed by atoms with E-state index in [1.54, 1.807) is 37.3 Å². The van der Waals surface area contributed by atoms with Gasteiger partial charge in [-0.1, -0.05) is 23.7 Å². The van der Waals surface area contributed by atoms with E-state index < -0.39 is 0 Å². The molecule has 0 aliphatic carbocycles. The van der Waals surface area contributed by atoms with Crippen molar-refractivity contribution in [2.45, 2.75) is 6.92 Å². The van der Waals surface area contributed by atoms with Crippen molar-refractivity contribution in [1.82, 2.24) is 0 Å². The molecule has 1 aromatic rings. The molecule has 0 bridgehead atoms. The first-order chi connectivity index (χ1) is 6.22. The molecule has 0 atom stereocenters. The number of benzene rings is 1. The molecule has 0 aliphatic heterocycles. The predicted octanol–water partition coefficient (Wildman–Crippen LogP) is 2.85. The summed E-state index contributed by atoms with van der Waals surface area (Å²) in [7, 11) is 0. The number of hydrogen-bond donors (Lipinski definition) is 1. The highest BCUT2D eigenvalue weighted by atomic mass is 35.5. The SMILES string of the molecule is C/C=C/[11C](=O)Nc1cccc(Cl)c1. The van der Waals surface area contributed by atoms with Crippen molar-refractivity contribution < 1.29 is 4.79 Å². The van der Waals surface area contributed by atoms with Crippen LogP contribution in [0.2, 0.25) is 5.02 Å². The third-order valence-electron chi connectivity index (χ3n) is 1.41. The topological polar surface area (TPSA) is 29.1 Å². The van der Waals surface area contributed by atoms with Gasteiger partial charge in [-0.05, 0) is 31.2 Å². The maximum absolute atomic E-state index is 11.1. The summed E-state index contributed by atoms with van der Waals surface area (Å²) < 4.78 is 0. The zero-order chi connectivity index (χ0) is 9.68. The molecule has 2 nitrogen and oxygen atoms in total. The molecule has 1 aromatic carbocycles. The first-order valence-corrected chi connectivity index (χ1v) is 4.29. The van der Waals surface area contributed by atoms with Gasteiger partial charge in [-0.15, -0.1) is 0 Å². The van der Waals surface area contributed by atoms with Crippen LogP contribution in [0.3, 0.4) is 0 Å². The third kappa shape index (κ3) is 3.30. The van der Waals surface area contributed by atoms with Crippen LogP contribution in [0.15, 0.2) is 36.4 Å². The number of rotatable bonds is 2. The second-order valence-electron chi connectivity index (χ2n) is 2.50. The van der Waals surface area contributed by atoms with Gasteiger partial charge in [0.1, 0.15) is 0 Å². The van der Waals surface area contributed by atoms with Crippen molar-refractivity contribution in [3.05, 3.63) is 41.4 Å². The van der Waals surface area contributed by atoms with Gasteiger partial charge in [-0.25, -0.2) is 0 Å². The minimum atomic E-state index is -0.148. The molecule has 0 saturated heterocycles. The van der Waals surface area contributed by atoms with E-state index in [2.05, 4.69) is 5.32 Å². The van der Waals surface area contributed by atoms with Gasteiger partial charge in [-0.2, -0.15) is 0 Å². The fourth-order valence-electron chi connectivity index (χ4n) is 0.902. The standard InChI is InChI=1S/C10H10ClNO/c1-2-4-10(13)12-9-6-3-5-8(11)7-9/h2-7H,1H3,(H,12,13)/b4-2+/i10-1. The molecule has 0 saturated carbocycles. The van der Waals surface area contributed by atoms with Gasteiger partial charge < -0.3 is 5.32 Å². The Labute approximate surface area is 82.2 Å². The number of amides is 1. The lowest BCUT2D eigenvalue weighted by molar-refractivity contribution is -0.111. The Hall–Kier alpha value is -1.28. The molecule has 0 aliphatic rings. The Kier molecular flexibility index (Phi) is 3.53. The second-order valence-corrected chi connectivity index (χ2v) is 2.94. The normalized spacial score (nSPS) is 10.3. The van der Waals surface area contributed by atoms with Gasteiger partial charge >= 0.3 is 0 Å². The zero-order valence-corrected chi connectivity index (χ0v) is 8.01. The molecule has 0 unspecified atom stereocenters. The summed E-state index contributed by atoms with van der Waals surface area (Å²) in [6, 6.07) is 7.02. The summed E-state index contributed by atoms with van der Waals surface area (Å²) in [5.41, 5.74) is 0.704. The monoisotopic (exact) mass is 194 g/mol. The van der Waals surface area contributed by atoms with Gasteiger partial charge in [-0.3, -0.25) is 4.79 Å². The van der Waals surface area contributed by atoms with Gasteiger partial charge in [0.05, 0.1) is 0 Å². The number of nitrogens with one attached hydrogen (secondary N) is 1. The maximum atomic E-state index is 11.1. The van der Waals surface area contributed by atoms with Crippen molar-refractivity contribution in [3.8, 4) is 0 Å². The molecular formula is C10H10ClNO. The molecule has 3 heteroatoms. The van der Waals surface area contributed by atoms with E-state index >= 15 is 0 Å². The lowest BCUT2D eigenvalue weighted by Gasteiger charge is -2.01. The van der Waals surface area contributed by atoms with Crippen LogP contribution in [0.4, 0.5) is 5.69 Å². The molecule has 0 heterocycles. The fourth-order valence-corrected chi connectivity index (χ4v) is 1.09. The molecule has 0 fully saturated rings. The number of carbonyl (C=O) groups excluding carboxylic acids is 1. The highest BCUT2D eigenvalue weighted by Crippen LogP contribution is 2.14. The molecule has 0 spiro atoms. The van der Waals surface area contributed by atoms with Crippen molar-refractivity contribution >= 4 is 23.2 Å². The van der Waals surface area contributed by atoms with E-state index in [-0.39, 0.29) is 5.91 Å². The summed E-state index contributed by atoms with van der Waals surface area (Å²) in [6.45, 7) is 1.79. The van der Waals surface area contributed by atoms with Gasteiger partial charge in [0.15, 0.2) is 0 Å². The van der Waals surface area contributed by atoms with Crippen LogP contribution in [0.25, 0.3) is 0 Å². The molecule has 0 radical (unpaired) electrons. The van der Waals surface area contributed by atoms with Crippen LogP contribution in [-0.4, -0.2) is 5.91 Å². The highest BCUT2D eigenvalue weighted by molar-refractivity contribution is 6.30. The van der Waals surface area contributed by atoms with E-state index in [1.165, 1.54) is 6.08 Å². The number of hydrogen-bond acceptors (Lipinski definition) is 1. The molecule has 1 N–H and O–H groups in total. The number of halogens is 1. The predicted molar refractivity (Wildman–Crippen MR) is 54.9 cm³/mol. The molecule has 68 valence electrons. The van der Waals surface area contributed by atoms with E-state index in [4.69, 9.17) is 11.6 Å². The molecular weight excluding hydrogens is 185 g/mol. The largest absolute Gasteiger partial charge is 0.322 e. The molecule has 0 aromatic heterocycles. The lowest BCUT2D eigenvalue weighted by Crippen LogP contribution is -2.07. The second kappa shape index (κ2) is 4.67. The van der Waals surface area contributed by atoms with Crippen molar-refractivity contribution in [3.63, 3.8) is 0 Å². The first kappa shape index (κ1) is 9.81. The molecule has 1 amide bonds. The van der Waals surface area contributed by atoms with E-state index in [9.17, 15) is 4.79 Å². The summed E-state index contributed by atoms with van der Waals surface area (Å²) >= 11 is 5.74.